The van der Waals surface area contributed by atoms with Crippen LogP contribution in [0.15, 0.2) is 54.7 Å². The quantitative estimate of drug-likeness (QED) is 0.378. The monoisotopic (exact) mass is 485 g/mol. The van der Waals surface area contributed by atoms with Crippen LogP contribution >= 0.6 is 0 Å². The van der Waals surface area contributed by atoms with Crippen molar-refractivity contribution in [3.05, 3.63) is 71.4 Å². The molecule has 2 aliphatic rings. The van der Waals surface area contributed by atoms with E-state index in [0.717, 1.165) is 31.6 Å². The minimum Gasteiger partial charge on any atom is -0.353 e. The molecule has 4 heteroatoms. The highest BCUT2D eigenvalue weighted by Crippen LogP contribution is 2.40. The Morgan fingerprint density at radius 1 is 1.00 bits per heavy atom. The number of aryl methyl sites for hydroxylation is 1. The van der Waals surface area contributed by atoms with Crippen LogP contribution in [0, 0.1) is 12.8 Å². The number of nitrogens with one attached hydrogen (secondary N) is 1. The van der Waals surface area contributed by atoms with Crippen molar-refractivity contribution in [1.82, 2.24) is 9.88 Å². The molecule has 2 fully saturated rings. The highest BCUT2D eigenvalue weighted by atomic mass is 16.1. The van der Waals surface area contributed by atoms with E-state index in [1.165, 1.54) is 59.7 Å². The van der Waals surface area contributed by atoms with Gasteiger partial charge in [-0.1, -0.05) is 67.3 Å². The molecule has 0 radical (unpaired) electrons. The van der Waals surface area contributed by atoms with E-state index in [-0.39, 0.29) is 23.9 Å². The third kappa shape index (κ3) is 5.54. The third-order valence-corrected chi connectivity index (χ3v) is 8.89. The lowest BCUT2D eigenvalue weighted by atomic mass is 9.84. The van der Waals surface area contributed by atoms with Gasteiger partial charge in [-0.25, -0.2) is 0 Å². The summed E-state index contributed by atoms with van der Waals surface area (Å²) in [7, 11) is 0. The lowest BCUT2D eigenvalue weighted by Gasteiger charge is -2.29. The molecular formula is C32H43N3O. The molecule has 3 N–H and O–H groups in total. The van der Waals surface area contributed by atoms with Gasteiger partial charge in [0.1, 0.15) is 0 Å². The molecule has 2 aromatic carbocycles. The van der Waals surface area contributed by atoms with Crippen molar-refractivity contribution < 1.29 is 4.79 Å². The first-order valence-corrected chi connectivity index (χ1v) is 14.2. The number of hydrogen-bond donors (Lipinski definition) is 2. The number of nitrogens with zero attached hydrogens (tertiary/aromatic N) is 1. The van der Waals surface area contributed by atoms with Crippen molar-refractivity contribution in [1.29, 1.82) is 0 Å². The third-order valence-electron chi connectivity index (χ3n) is 8.89. The molecule has 2 aliphatic carbocycles. The van der Waals surface area contributed by atoms with Crippen LogP contribution in [0.4, 0.5) is 0 Å². The first-order valence-electron chi connectivity index (χ1n) is 14.2. The number of amides is 1. The zero-order valence-electron chi connectivity index (χ0n) is 22.1. The van der Waals surface area contributed by atoms with Crippen LogP contribution in [0.25, 0.3) is 10.9 Å². The molecule has 0 aliphatic heterocycles. The van der Waals surface area contributed by atoms with Crippen LogP contribution in [0.3, 0.4) is 0 Å². The number of fused-ring (bicyclic) bond motifs is 1. The fraction of sp³-hybridized carbons (Fsp3) is 0.531. The van der Waals surface area contributed by atoms with Crippen molar-refractivity contribution in [2.75, 3.05) is 0 Å². The molecule has 192 valence electrons. The second-order valence-corrected chi connectivity index (χ2v) is 11.5. The second-order valence-electron chi connectivity index (χ2n) is 11.5. The fourth-order valence-electron chi connectivity index (χ4n) is 6.72. The Hall–Kier alpha value is -2.59. The van der Waals surface area contributed by atoms with Crippen LogP contribution in [-0.4, -0.2) is 22.6 Å². The zero-order valence-corrected chi connectivity index (χ0v) is 22.1. The molecule has 2 atom stereocenters. The maximum Gasteiger partial charge on any atom is 0.221 e. The first kappa shape index (κ1) is 25.1. The van der Waals surface area contributed by atoms with Crippen molar-refractivity contribution >= 4 is 16.8 Å². The lowest BCUT2D eigenvalue weighted by Crippen LogP contribution is -2.40. The van der Waals surface area contributed by atoms with Gasteiger partial charge in [-0.2, -0.15) is 0 Å². The van der Waals surface area contributed by atoms with E-state index in [9.17, 15) is 4.79 Å². The van der Waals surface area contributed by atoms with Crippen LogP contribution in [0.2, 0.25) is 0 Å². The van der Waals surface area contributed by atoms with Gasteiger partial charge in [-0.05, 0) is 75.5 Å². The van der Waals surface area contributed by atoms with Crippen LogP contribution < -0.4 is 11.1 Å². The molecule has 4 nitrogen and oxygen atoms in total. The van der Waals surface area contributed by atoms with E-state index in [4.69, 9.17) is 5.73 Å². The SMILES string of the molecule is Cc1cccc(C(CC(=O)N[C@H]2CC[C@H](N)CC2)c2cn(C(C)C3CCCCC3)c3ccccc23)c1. The number of hydrogen-bond acceptors (Lipinski definition) is 2. The summed E-state index contributed by atoms with van der Waals surface area (Å²) in [4.78, 5) is 13.4. The van der Waals surface area contributed by atoms with Crippen LogP contribution in [0.5, 0.6) is 0 Å². The molecule has 1 amide bonds. The topological polar surface area (TPSA) is 60.1 Å². The Morgan fingerprint density at radius 2 is 1.75 bits per heavy atom. The second kappa shape index (κ2) is 11.2. The Kier molecular flexibility index (Phi) is 7.81. The minimum atomic E-state index is 0.0282. The minimum absolute atomic E-state index is 0.0282. The number of carbonyl (C=O) groups excluding carboxylic acids is 1. The van der Waals surface area contributed by atoms with Crippen molar-refractivity contribution in [2.24, 2.45) is 11.7 Å². The molecule has 1 heterocycles. The average Bonchev–Trinajstić information content (AvgIpc) is 3.28. The Morgan fingerprint density at radius 3 is 2.50 bits per heavy atom. The van der Waals surface area contributed by atoms with E-state index < -0.39 is 0 Å². The predicted octanol–water partition coefficient (Wildman–Crippen LogP) is 7.00. The summed E-state index contributed by atoms with van der Waals surface area (Å²) in [5.74, 6) is 0.903. The number of para-hydroxylation sites is 1. The molecule has 0 bridgehead atoms. The maximum atomic E-state index is 13.4. The summed E-state index contributed by atoms with van der Waals surface area (Å²) in [5.41, 5.74) is 11.1. The smallest absolute Gasteiger partial charge is 0.221 e. The van der Waals surface area contributed by atoms with Gasteiger partial charge >= 0.3 is 0 Å². The molecule has 0 spiro atoms. The average molecular weight is 486 g/mol. The summed E-state index contributed by atoms with van der Waals surface area (Å²) >= 11 is 0. The molecule has 2 unspecified atom stereocenters. The van der Waals surface area contributed by atoms with Gasteiger partial charge in [0.2, 0.25) is 5.91 Å². The van der Waals surface area contributed by atoms with E-state index in [2.05, 4.69) is 78.5 Å². The van der Waals surface area contributed by atoms with E-state index in [1.807, 2.05) is 0 Å². The summed E-state index contributed by atoms with van der Waals surface area (Å²) in [6.07, 6.45) is 13.5. The van der Waals surface area contributed by atoms with Crippen molar-refractivity contribution in [3.8, 4) is 0 Å². The van der Waals surface area contributed by atoms with Crippen molar-refractivity contribution in [2.45, 2.75) is 102 Å². The van der Waals surface area contributed by atoms with Gasteiger partial charge in [0.05, 0.1) is 0 Å². The van der Waals surface area contributed by atoms with Crippen molar-refractivity contribution in [3.63, 3.8) is 0 Å². The highest BCUT2D eigenvalue weighted by molar-refractivity contribution is 5.87. The predicted molar refractivity (Wildman–Crippen MR) is 149 cm³/mol. The largest absolute Gasteiger partial charge is 0.353 e. The molecule has 3 aromatic rings. The molecule has 0 saturated heterocycles. The fourth-order valence-corrected chi connectivity index (χ4v) is 6.72. The van der Waals surface area contributed by atoms with Gasteiger partial charge in [0.25, 0.3) is 0 Å². The van der Waals surface area contributed by atoms with Gasteiger partial charge in [0.15, 0.2) is 0 Å². The Balaban J connectivity index is 1.48. The molecule has 36 heavy (non-hydrogen) atoms. The highest BCUT2D eigenvalue weighted by Gasteiger charge is 2.28. The zero-order chi connectivity index (χ0) is 25.1. The summed E-state index contributed by atoms with van der Waals surface area (Å²) in [6, 6.07) is 18.5. The van der Waals surface area contributed by atoms with Gasteiger partial charge < -0.3 is 15.6 Å². The van der Waals surface area contributed by atoms with Gasteiger partial charge in [0, 0.05) is 47.6 Å². The molecule has 1 aromatic heterocycles. The van der Waals surface area contributed by atoms with Crippen LogP contribution in [-0.2, 0) is 4.79 Å². The number of rotatable bonds is 7. The molecule has 5 rings (SSSR count). The normalized spacial score (nSPS) is 22.9. The summed E-state index contributed by atoms with van der Waals surface area (Å²) in [6.45, 7) is 4.54. The standard InChI is InChI=1S/C32H43N3O/c1-22-9-8-12-25(19-22)29(20-32(36)34-27-17-15-26(33)16-18-27)30-21-35(31-14-7-6-13-28(30)31)23(2)24-10-4-3-5-11-24/h6-9,12-14,19,21,23-24,26-27,29H,3-5,10-11,15-18,20,33H2,1-2H3,(H,34,36)/t23?,26-,27-,29?. The summed E-state index contributed by atoms with van der Waals surface area (Å²) < 4.78 is 2.52. The Labute approximate surface area is 216 Å². The number of benzene rings is 2. The number of nitrogens with two attached hydrogens (primary N) is 1. The van der Waals surface area contributed by atoms with Crippen LogP contribution in [0.1, 0.15) is 99.8 Å². The lowest BCUT2D eigenvalue weighted by molar-refractivity contribution is -0.122. The summed E-state index contributed by atoms with van der Waals surface area (Å²) in [5, 5.41) is 4.63. The number of aromatic nitrogens is 1. The number of carbonyl (C=O) groups is 1. The van der Waals surface area contributed by atoms with E-state index in [1.54, 1.807) is 0 Å². The molecule has 2 saturated carbocycles. The molecular weight excluding hydrogens is 442 g/mol. The maximum absolute atomic E-state index is 13.4. The first-order chi connectivity index (χ1) is 17.5. The van der Waals surface area contributed by atoms with E-state index >= 15 is 0 Å². The Bertz CT molecular complexity index is 1170. The van der Waals surface area contributed by atoms with Gasteiger partial charge in [-0.15, -0.1) is 0 Å². The van der Waals surface area contributed by atoms with Gasteiger partial charge in [-0.3, -0.25) is 4.79 Å². The van der Waals surface area contributed by atoms with E-state index in [0.29, 0.717) is 12.5 Å².